The number of piperidine rings is 1. The SMILES string of the molecule is Cl.Cl.c1cnc2c(CN3CCCC4(CCNCC4)CC3)cnn2c1. The van der Waals surface area contributed by atoms with Crippen LogP contribution in [0.1, 0.15) is 37.7 Å². The summed E-state index contributed by atoms with van der Waals surface area (Å²) in [5, 5.41) is 7.92. The first kappa shape index (κ1) is 19.4. The first-order valence-corrected chi connectivity index (χ1v) is 8.55. The normalized spacial score (nSPS) is 21.0. The average molecular weight is 372 g/mol. The molecule has 0 aliphatic carbocycles. The van der Waals surface area contributed by atoms with E-state index in [1.54, 1.807) is 0 Å². The summed E-state index contributed by atoms with van der Waals surface area (Å²) in [5.74, 6) is 0. The minimum Gasteiger partial charge on any atom is -0.317 e. The van der Waals surface area contributed by atoms with E-state index in [4.69, 9.17) is 0 Å². The second-order valence-corrected chi connectivity index (χ2v) is 6.94. The van der Waals surface area contributed by atoms with Crippen LogP contribution in [0.4, 0.5) is 0 Å². The van der Waals surface area contributed by atoms with Gasteiger partial charge in [-0.3, -0.25) is 4.90 Å². The van der Waals surface area contributed by atoms with Gasteiger partial charge in [0.1, 0.15) is 0 Å². The summed E-state index contributed by atoms with van der Waals surface area (Å²) in [6, 6.07) is 1.93. The van der Waals surface area contributed by atoms with Gasteiger partial charge in [0, 0.05) is 24.5 Å². The van der Waals surface area contributed by atoms with Crippen molar-refractivity contribution in [2.75, 3.05) is 26.2 Å². The van der Waals surface area contributed by atoms with Gasteiger partial charge in [0.25, 0.3) is 0 Å². The molecule has 0 saturated carbocycles. The number of hydrogen-bond donors (Lipinski definition) is 1. The van der Waals surface area contributed by atoms with Crippen LogP contribution in [0, 0.1) is 5.41 Å². The van der Waals surface area contributed by atoms with E-state index in [1.807, 2.05) is 29.2 Å². The maximum Gasteiger partial charge on any atom is 0.159 e. The van der Waals surface area contributed by atoms with Crippen LogP contribution in [-0.4, -0.2) is 45.7 Å². The second-order valence-electron chi connectivity index (χ2n) is 6.94. The summed E-state index contributed by atoms with van der Waals surface area (Å²) in [5.41, 5.74) is 2.87. The molecule has 4 heterocycles. The molecular weight excluding hydrogens is 345 g/mol. The molecular formula is C17H27Cl2N5. The summed E-state index contributed by atoms with van der Waals surface area (Å²) in [6.07, 6.45) is 12.6. The lowest BCUT2D eigenvalue weighted by atomic mass is 9.73. The lowest BCUT2D eigenvalue weighted by Crippen LogP contribution is -2.37. The number of aromatic nitrogens is 3. The monoisotopic (exact) mass is 371 g/mol. The fraction of sp³-hybridized carbons (Fsp3) is 0.647. The molecule has 2 saturated heterocycles. The highest BCUT2D eigenvalue weighted by molar-refractivity contribution is 5.85. The van der Waals surface area contributed by atoms with Gasteiger partial charge in [-0.25, -0.2) is 9.50 Å². The molecule has 0 atom stereocenters. The molecule has 7 heteroatoms. The van der Waals surface area contributed by atoms with Crippen molar-refractivity contribution in [3.8, 4) is 0 Å². The minimum absolute atomic E-state index is 0. The van der Waals surface area contributed by atoms with Gasteiger partial charge in [0.15, 0.2) is 5.65 Å². The third kappa shape index (κ3) is 4.02. The molecule has 0 amide bonds. The molecule has 0 aromatic carbocycles. The van der Waals surface area contributed by atoms with E-state index in [2.05, 4.69) is 20.3 Å². The van der Waals surface area contributed by atoms with Gasteiger partial charge in [-0.15, -0.1) is 24.8 Å². The van der Waals surface area contributed by atoms with Crippen molar-refractivity contribution in [1.82, 2.24) is 24.8 Å². The number of halogens is 2. The Hall–Kier alpha value is -0.880. The van der Waals surface area contributed by atoms with E-state index in [1.165, 1.54) is 63.8 Å². The zero-order valence-corrected chi connectivity index (χ0v) is 15.6. The summed E-state index contributed by atoms with van der Waals surface area (Å²) in [6.45, 7) is 5.81. The summed E-state index contributed by atoms with van der Waals surface area (Å²) in [4.78, 5) is 7.08. The predicted molar refractivity (Wildman–Crippen MR) is 101 cm³/mol. The third-order valence-electron chi connectivity index (χ3n) is 5.55. The quantitative estimate of drug-likeness (QED) is 0.881. The van der Waals surface area contributed by atoms with E-state index in [-0.39, 0.29) is 24.8 Å². The average Bonchev–Trinajstić information content (AvgIpc) is 2.87. The molecule has 2 aromatic rings. The van der Waals surface area contributed by atoms with E-state index in [9.17, 15) is 0 Å². The summed E-state index contributed by atoms with van der Waals surface area (Å²) >= 11 is 0. The van der Waals surface area contributed by atoms with Crippen LogP contribution in [0.3, 0.4) is 0 Å². The van der Waals surface area contributed by atoms with Crippen LogP contribution < -0.4 is 5.32 Å². The van der Waals surface area contributed by atoms with E-state index < -0.39 is 0 Å². The van der Waals surface area contributed by atoms with Gasteiger partial charge in [-0.2, -0.15) is 5.10 Å². The Kier molecular flexibility index (Phi) is 6.87. The Bertz CT molecular complexity index is 639. The molecule has 2 aromatic heterocycles. The number of nitrogens with zero attached hydrogens (tertiary/aromatic N) is 4. The molecule has 2 aliphatic rings. The van der Waals surface area contributed by atoms with Crippen LogP contribution in [0.15, 0.2) is 24.7 Å². The number of rotatable bonds is 2. The van der Waals surface area contributed by atoms with Crippen molar-refractivity contribution in [2.24, 2.45) is 5.41 Å². The van der Waals surface area contributed by atoms with Crippen molar-refractivity contribution in [1.29, 1.82) is 0 Å². The highest BCUT2D eigenvalue weighted by Gasteiger charge is 2.33. The molecule has 5 nitrogen and oxygen atoms in total. The van der Waals surface area contributed by atoms with Gasteiger partial charge in [-0.05, 0) is 69.8 Å². The Balaban J connectivity index is 0.00000104. The van der Waals surface area contributed by atoms with Crippen molar-refractivity contribution in [2.45, 2.75) is 38.6 Å². The number of fused-ring (bicyclic) bond motifs is 1. The van der Waals surface area contributed by atoms with Crippen molar-refractivity contribution in [3.63, 3.8) is 0 Å². The van der Waals surface area contributed by atoms with Crippen molar-refractivity contribution >= 4 is 30.5 Å². The zero-order chi connectivity index (χ0) is 14.8. The molecule has 0 unspecified atom stereocenters. The van der Waals surface area contributed by atoms with Gasteiger partial charge in [0.2, 0.25) is 0 Å². The molecule has 2 aliphatic heterocycles. The highest BCUT2D eigenvalue weighted by atomic mass is 35.5. The molecule has 24 heavy (non-hydrogen) atoms. The van der Waals surface area contributed by atoms with Gasteiger partial charge in [0.05, 0.1) is 6.20 Å². The lowest BCUT2D eigenvalue weighted by molar-refractivity contribution is 0.167. The van der Waals surface area contributed by atoms with Crippen LogP contribution in [-0.2, 0) is 6.54 Å². The zero-order valence-electron chi connectivity index (χ0n) is 14.0. The third-order valence-corrected chi connectivity index (χ3v) is 5.55. The van der Waals surface area contributed by atoms with E-state index in [0.717, 1.165) is 12.2 Å². The van der Waals surface area contributed by atoms with Crippen LogP contribution in [0.2, 0.25) is 0 Å². The molecule has 0 radical (unpaired) electrons. The molecule has 0 bridgehead atoms. The number of nitrogens with one attached hydrogen (secondary N) is 1. The number of hydrogen-bond acceptors (Lipinski definition) is 4. The highest BCUT2D eigenvalue weighted by Crippen LogP contribution is 2.39. The Morgan fingerprint density at radius 2 is 1.92 bits per heavy atom. The molecule has 134 valence electrons. The number of likely N-dealkylation sites (tertiary alicyclic amines) is 1. The smallest absolute Gasteiger partial charge is 0.159 e. The van der Waals surface area contributed by atoms with Crippen molar-refractivity contribution in [3.05, 3.63) is 30.2 Å². The maximum atomic E-state index is 4.48. The predicted octanol–water partition coefficient (Wildman–Crippen LogP) is 2.93. The Labute approximate surface area is 156 Å². The maximum absolute atomic E-state index is 4.48. The molecule has 1 spiro atoms. The first-order chi connectivity index (χ1) is 10.8. The summed E-state index contributed by atoms with van der Waals surface area (Å²) in [7, 11) is 0. The lowest BCUT2D eigenvalue weighted by Gasteiger charge is -2.37. The van der Waals surface area contributed by atoms with Crippen molar-refractivity contribution < 1.29 is 0 Å². The van der Waals surface area contributed by atoms with E-state index in [0.29, 0.717) is 5.41 Å². The van der Waals surface area contributed by atoms with Gasteiger partial charge < -0.3 is 5.32 Å². The van der Waals surface area contributed by atoms with Gasteiger partial charge in [-0.1, -0.05) is 0 Å². The van der Waals surface area contributed by atoms with E-state index >= 15 is 0 Å². The van der Waals surface area contributed by atoms with Crippen LogP contribution in [0.5, 0.6) is 0 Å². The molecule has 4 rings (SSSR count). The van der Waals surface area contributed by atoms with Crippen LogP contribution in [0.25, 0.3) is 5.65 Å². The second kappa shape index (κ2) is 8.48. The Morgan fingerprint density at radius 1 is 1.08 bits per heavy atom. The fourth-order valence-corrected chi connectivity index (χ4v) is 4.15. The topological polar surface area (TPSA) is 45.5 Å². The largest absolute Gasteiger partial charge is 0.317 e. The standard InChI is InChI=1S/C17H25N5.2ClH/c1-3-17(4-8-18-9-5-17)6-12-21(10-1)14-15-13-20-22-11-2-7-19-16(15)22;;/h2,7,11,13,18H,1,3-6,8-10,12,14H2;2*1H. The Morgan fingerprint density at radius 3 is 2.75 bits per heavy atom. The summed E-state index contributed by atoms with van der Waals surface area (Å²) < 4.78 is 1.88. The van der Waals surface area contributed by atoms with Gasteiger partial charge >= 0.3 is 0 Å². The minimum atomic E-state index is 0. The molecule has 2 fully saturated rings. The molecule has 1 N–H and O–H groups in total. The van der Waals surface area contributed by atoms with Crippen LogP contribution >= 0.6 is 24.8 Å². The first-order valence-electron chi connectivity index (χ1n) is 8.55. The fourth-order valence-electron chi connectivity index (χ4n) is 4.15.